The number of rotatable bonds is 2. The number of carbonyl (C=O) groups excluding carboxylic acids is 2. The molecule has 4 atom stereocenters. The van der Waals surface area contributed by atoms with Gasteiger partial charge in [-0.1, -0.05) is 60.7 Å². The first-order chi connectivity index (χ1) is 12.3. The van der Waals surface area contributed by atoms with Gasteiger partial charge in [-0.2, -0.15) is 0 Å². The molecule has 1 saturated heterocycles. The largest absolute Gasteiger partial charge is 0.274 e. The second-order valence-corrected chi connectivity index (χ2v) is 7.24. The number of hydrogen-bond acceptors (Lipinski definition) is 2. The van der Waals surface area contributed by atoms with E-state index >= 15 is 0 Å². The summed E-state index contributed by atoms with van der Waals surface area (Å²) in [5.74, 6) is 0.0793. The Hall–Kier alpha value is -2.68. The number of anilines is 1. The maximum absolute atomic E-state index is 13.2. The third-order valence-electron chi connectivity index (χ3n) is 5.99. The number of para-hydroxylation sites is 1. The van der Waals surface area contributed by atoms with Crippen LogP contribution in [-0.4, -0.2) is 11.8 Å². The Labute approximate surface area is 147 Å². The summed E-state index contributed by atoms with van der Waals surface area (Å²) in [6.45, 7) is 0. The molecule has 2 aromatic rings. The Morgan fingerprint density at radius 3 is 1.88 bits per heavy atom. The number of carbonyl (C=O) groups is 2. The van der Waals surface area contributed by atoms with Gasteiger partial charge < -0.3 is 0 Å². The fourth-order valence-corrected chi connectivity index (χ4v) is 4.84. The van der Waals surface area contributed by atoms with Crippen molar-refractivity contribution in [3.63, 3.8) is 0 Å². The summed E-state index contributed by atoms with van der Waals surface area (Å²) in [6.07, 6.45) is 6.37. The van der Waals surface area contributed by atoms with E-state index in [1.54, 1.807) is 0 Å². The van der Waals surface area contributed by atoms with Crippen molar-refractivity contribution in [3.05, 3.63) is 66.7 Å². The smallest absolute Gasteiger partial charge is 0.238 e. The van der Waals surface area contributed by atoms with Crippen molar-refractivity contribution in [2.24, 2.45) is 23.7 Å². The van der Waals surface area contributed by atoms with Gasteiger partial charge >= 0.3 is 0 Å². The van der Waals surface area contributed by atoms with Gasteiger partial charge in [-0.3, -0.25) is 9.59 Å². The normalized spacial score (nSPS) is 30.0. The van der Waals surface area contributed by atoms with Crippen molar-refractivity contribution in [2.45, 2.75) is 12.8 Å². The van der Waals surface area contributed by atoms with Crippen molar-refractivity contribution >= 4 is 17.5 Å². The molecular formula is C22H19NO2. The second-order valence-electron chi connectivity index (χ2n) is 7.24. The standard InChI is InChI=1S/C22H19NO2/c24-21-19-15-10-11-16(13-12-15)20(19)22(25)23(21)18-9-5-4-8-17(18)14-6-2-1-3-7-14/h1-11,15-16,19-20H,12-13H2/t15-,16-,19-,20-/m0/s1. The van der Waals surface area contributed by atoms with E-state index in [-0.39, 0.29) is 35.5 Å². The van der Waals surface area contributed by atoms with E-state index in [9.17, 15) is 9.59 Å². The predicted octanol–water partition coefficient (Wildman–Crippen LogP) is 4.06. The van der Waals surface area contributed by atoms with Gasteiger partial charge in [-0.25, -0.2) is 4.90 Å². The molecule has 3 aliphatic carbocycles. The fraction of sp³-hybridized carbons (Fsp3) is 0.273. The van der Waals surface area contributed by atoms with Gasteiger partial charge in [-0.05, 0) is 36.3 Å². The zero-order valence-electron chi connectivity index (χ0n) is 13.8. The van der Waals surface area contributed by atoms with E-state index in [2.05, 4.69) is 12.2 Å². The van der Waals surface area contributed by atoms with Crippen molar-refractivity contribution in [1.29, 1.82) is 0 Å². The first-order valence-electron chi connectivity index (χ1n) is 8.96. The molecule has 0 radical (unpaired) electrons. The molecule has 6 rings (SSSR count). The second kappa shape index (κ2) is 5.41. The molecule has 3 nitrogen and oxygen atoms in total. The molecule has 0 spiro atoms. The van der Waals surface area contributed by atoms with E-state index in [1.807, 2.05) is 54.6 Å². The zero-order chi connectivity index (χ0) is 17.0. The van der Waals surface area contributed by atoms with Crippen LogP contribution >= 0.6 is 0 Å². The minimum absolute atomic E-state index is 0.0163. The lowest BCUT2D eigenvalue weighted by Crippen LogP contribution is -2.38. The summed E-state index contributed by atoms with van der Waals surface area (Å²) < 4.78 is 0. The van der Waals surface area contributed by atoms with Crippen molar-refractivity contribution < 1.29 is 9.59 Å². The first-order valence-corrected chi connectivity index (χ1v) is 8.96. The molecule has 1 saturated carbocycles. The average Bonchev–Trinajstić information content (AvgIpc) is 2.96. The average molecular weight is 329 g/mol. The molecule has 0 unspecified atom stereocenters. The molecule has 0 aromatic heterocycles. The van der Waals surface area contributed by atoms with Crippen LogP contribution in [-0.2, 0) is 9.59 Å². The maximum Gasteiger partial charge on any atom is 0.238 e. The summed E-state index contributed by atoms with van der Waals surface area (Å²) in [6, 6.07) is 17.7. The fourth-order valence-electron chi connectivity index (χ4n) is 4.84. The van der Waals surface area contributed by atoms with Crippen LogP contribution in [0.3, 0.4) is 0 Å². The Kier molecular flexibility index (Phi) is 3.17. The first kappa shape index (κ1) is 14.6. The number of benzene rings is 2. The minimum Gasteiger partial charge on any atom is -0.274 e. The number of amides is 2. The van der Waals surface area contributed by atoms with Gasteiger partial charge in [0.2, 0.25) is 11.8 Å². The SMILES string of the molecule is O=C1[C@@H]2[C@@H](C(=O)N1c1ccccc1-c1ccccc1)[C@H]1C=C[C@H]2CC1. The third kappa shape index (κ3) is 2.05. The van der Waals surface area contributed by atoms with Crippen LogP contribution in [0.25, 0.3) is 11.1 Å². The van der Waals surface area contributed by atoms with Crippen LogP contribution in [0.15, 0.2) is 66.7 Å². The lowest BCUT2D eigenvalue weighted by molar-refractivity contribution is -0.124. The van der Waals surface area contributed by atoms with Gasteiger partial charge in [0.1, 0.15) is 0 Å². The van der Waals surface area contributed by atoms with Crippen LogP contribution in [0.5, 0.6) is 0 Å². The highest BCUT2D eigenvalue weighted by Gasteiger charge is 2.57. The third-order valence-corrected chi connectivity index (χ3v) is 5.99. The molecular weight excluding hydrogens is 310 g/mol. The minimum atomic E-state index is -0.167. The topological polar surface area (TPSA) is 37.4 Å². The van der Waals surface area contributed by atoms with Gasteiger partial charge in [-0.15, -0.1) is 0 Å². The highest BCUT2D eigenvalue weighted by Crippen LogP contribution is 2.51. The molecule has 0 N–H and O–H groups in total. The van der Waals surface area contributed by atoms with Gasteiger partial charge in [0.15, 0.2) is 0 Å². The zero-order valence-corrected chi connectivity index (χ0v) is 13.8. The van der Waals surface area contributed by atoms with Crippen molar-refractivity contribution in [3.8, 4) is 11.1 Å². The summed E-state index contributed by atoms with van der Waals surface area (Å²) in [5, 5.41) is 0. The Bertz CT molecular complexity index is 854. The van der Waals surface area contributed by atoms with Crippen LogP contribution in [0.4, 0.5) is 5.69 Å². The number of fused-ring (bicyclic) bond motifs is 1. The Morgan fingerprint density at radius 2 is 1.28 bits per heavy atom. The highest BCUT2D eigenvalue weighted by molar-refractivity contribution is 6.24. The number of imide groups is 1. The molecule has 4 aliphatic rings. The molecule has 2 bridgehead atoms. The number of nitrogens with zero attached hydrogens (tertiary/aromatic N) is 1. The van der Waals surface area contributed by atoms with Crippen LogP contribution in [0, 0.1) is 23.7 Å². The monoisotopic (exact) mass is 329 g/mol. The lowest BCUT2D eigenvalue weighted by atomic mass is 9.63. The van der Waals surface area contributed by atoms with E-state index in [4.69, 9.17) is 0 Å². The molecule has 3 heteroatoms. The van der Waals surface area contributed by atoms with E-state index in [0.29, 0.717) is 0 Å². The van der Waals surface area contributed by atoms with E-state index < -0.39 is 0 Å². The molecule has 2 aromatic carbocycles. The van der Waals surface area contributed by atoms with Crippen LogP contribution < -0.4 is 4.90 Å². The van der Waals surface area contributed by atoms with Gasteiger partial charge in [0, 0.05) is 5.56 Å². The molecule has 1 heterocycles. The summed E-state index contributed by atoms with van der Waals surface area (Å²) >= 11 is 0. The van der Waals surface area contributed by atoms with Crippen LogP contribution in [0.2, 0.25) is 0 Å². The van der Waals surface area contributed by atoms with Crippen molar-refractivity contribution in [2.75, 3.05) is 4.90 Å². The number of allylic oxidation sites excluding steroid dienone is 2. The van der Waals surface area contributed by atoms with Crippen LogP contribution in [0.1, 0.15) is 12.8 Å². The molecule has 25 heavy (non-hydrogen) atoms. The summed E-state index contributed by atoms with van der Waals surface area (Å²) in [7, 11) is 0. The van der Waals surface area contributed by atoms with E-state index in [1.165, 1.54) is 4.90 Å². The Morgan fingerprint density at radius 1 is 0.720 bits per heavy atom. The molecule has 1 aliphatic heterocycles. The molecule has 2 amide bonds. The predicted molar refractivity (Wildman–Crippen MR) is 96.7 cm³/mol. The number of hydrogen-bond donors (Lipinski definition) is 0. The van der Waals surface area contributed by atoms with Crippen molar-refractivity contribution in [1.82, 2.24) is 0 Å². The summed E-state index contributed by atoms with van der Waals surface area (Å²) in [4.78, 5) is 27.9. The van der Waals surface area contributed by atoms with Gasteiger partial charge in [0.25, 0.3) is 0 Å². The summed E-state index contributed by atoms with van der Waals surface area (Å²) in [5.41, 5.74) is 2.68. The Balaban J connectivity index is 1.62. The highest BCUT2D eigenvalue weighted by atomic mass is 16.2. The maximum atomic E-state index is 13.2. The lowest BCUT2D eigenvalue weighted by Gasteiger charge is -2.38. The molecule has 124 valence electrons. The van der Waals surface area contributed by atoms with Gasteiger partial charge in [0.05, 0.1) is 17.5 Å². The van der Waals surface area contributed by atoms with E-state index in [0.717, 1.165) is 29.7 Å². The molecule has 2 fully saturated rings. The quantitative estimate of drug-likeness (QED) is 0.615.